The van der Waals surface area contributed by atoms with Crippen molar-refractivity contribution in [2.24, 2.45) is 5.73 Å². The van der Waals surface area contributed by atoms with E-state index < -0.39 is 0 Å². The molecule has 0 bridgehead atoms. The predicted molar refractivity (Wildman–Crippen MR) is 87.9 cm³/mol. The molecule has 0 radical (unpaired) electrons. The topological polar surface area (TPSA) is 53.7 Å². The van der Waals surface area contributed by atoms with Crippen molar-refractivity contribution in [3.8, 4) is 17.2 Å². The molecule has 23 heavy (non-hydrogen) atoms. The quantitative estimate of drug-likeness (QED) is 0.810. The molecular weight excluding hydrogens is 297 g/mol. The lowest BCUT2D eigenvalue weighted by Crippen LogP contribution is -2.16. The summed E-state index contributed by atoms with van der Waals surface area (Å²) in [6.07, 6.45) is 0.704. The van der Waals surface area contributed by atoms with Crippen LogP contribution in [0.15, 0.2) is 42.5 Å². The van der Waals surface area contributed by atoms with Gasteiger partial charge in [0, 0.05) is 18.1 Å². The number of halogens is 1. The lowest BCUT2D eigenvalue weighted by molar-refractivity contribution is 0.295. The third-order valence-electron chi connectivity index (χ3n) is 3.70. The predicted octanol–water partition coefficient (Wildman–Crippen LogP) is 3.35. The molecule has 2 rings (SSSR count). The van der Waals surface area contributed by atoms with Gasteiger partial charge in [0.1, 0.15) is 23.1 Å². The van der Waals surface area contributed by atoms with Crippen LogP contribution in [0.4, 0.5) is 4.39 Å². The Morgan fingerprint density at radius 1 is 1.04 bits per heavy atom. The minimum atomic E-state index is -0.310. The van der Waals surface area contributed by atoms with Crippen LogP contribution >= 0.6 is 0 Å². The normalized spacial score (nSPS) is 11.8. The van der Waals surface area contributed by atoms with Crippen molar-refractivity contribution in [2.75, 3.05) is 27.4 Å². The maximum absolute atomic E-state index is 13.1. The maximum atomic E-state index is 13.1. The van der Waals surface area contributed by atoms with Crippen LogP contribution in [0.3, 0.4) is 0 Å². The summed E-state index contributed by atoms with van der Waals surface area (Å²) in [7, 11) is 3.23. The highest BCUT2D eigenvalue weighted by molar-refractivity contribution is 5.43. The van der Waals surface area contributed by atoms with Gasteiger partial charge in [-0.25, -0.2) is 4.39 Å². The minimum absolute atomic E-state index is 0.0874. The van der Waals surface area contributed by atoms with Gasteiger partial charge >= 0.3 is 0 Å². The van der Waals surface area contributed by atoms with Gasteiger partial charge in [-0.3, -0.25) is 0 Å². The van der Waals surface area contributed by atoms with Crippen LogP contribution in [-0.4, -0.2) is 27.4 Å². The van der Waals surface area contributed by atoms with E-state index in [2.05, 4.69) is 0 Å². The van der Waals surface area contributed by atoms with Gasteiger partial charge in [0.15, 0.2) is 0 Å². The van der Waals surface area contributed by atoms with Crippen molar-refractivity contribution in [3.05, 3.63) is 53.8 Å². The second kappa shape index (κ2) is 8.39. The van der Waals surface area contributed by atoms with E-state index in [4.69, 9.17) is 19.9 Å². The van der Waals surface area contributed by atoms with Gasteiger partial charge in [0.2, 0.25) is 0 Å². The zero-order valence-electron chi connectivity index (χ0n) is 13.4. The molecule has 0 aliphatic carbocycles. The lowest BCUT2D eigenvalue weighted by atomic mass is 9.95. The van der Waals surface area contributed by atoms with E-state index >= 15 is 0 Å². The molecule has 1 unspecified atom stereocenters. The molecule has 124 valence electrons. The first-order chi connectivity index (χ1) is 11.2. The van der Waals surface area contributed by atoms with Crippen LogP contribution in [0.25, 0.3) is 0 Å². The van der Waals surface area contributed by atoms with Crippen molar-refractivity contribution in [3.63, 3.8) is 0 Å². The Balaban J connectivity index is 2.02. The summed E-state index contributed by atoms with van der Waals surface area (Å²) >= 11 is 0. The summed E-state index contributed by atoms with van der Waals surface area (Å²) in [4.78, 5) is 0. The van der Waals surface area contributed by atoms with Crippen LogP contribution in [-0.2, 0) is 0 Å². The Kier molecular flexibility index (Phi) is 6.23. The number of hydrogen-bond acceptors (Lipinski definition) is 4. The maximum Gasteiger partial charge on any atom is 0.126 e. The largest absolute Gasteiger partial charge is 0.497 e. The summed E-state index contributed by atoms with van der Waals surface area (Å²) in [5, 5.41) is 0. The van der Waals surface area contributed by atoms with Crippen LogP contribution in [0.1, 0.15) is 17.9 Å². The molecule has 0 aliphatic heterocycles. The van der Waals surface area contributed by atoms with Gasteiger partial charge in [-0.2, -0.15) is 0 Å². The molecule has 0 saturated heterocycles. The molecule has 4 nitrogen and oxygen atoms in total. The van der Waals surface area contributed by atoms with E-state index in [1.165, 1.54) is 12.1 Å². The second-order valence-electron chi connectivity index (χ2n) is 5.14. The van der Waals surface area contributed by atoms with Gasteiger partial charge in [-0.15, -0.1) is 0 Å². The molecule has 0 aromatic heterocycles. The average molecular weight is 319 g/mol. The molecule has 0 fully saturated rings. The van der Waals surface area contributed by atoms with E-state index in [1.54, 1.807) is 26.4 Å². The Labute approximate surface area is 136 Å². The van der Waals surface area contributed by atoms with Crippen molar-refractivity contribution in [2.45, 2.75) is 12.3 Å². The molecule has 2 aromatic rings. The van der Waals surface area contributed by atoms with Crippen LogP contribution in [0.2, 0.25) is 0 Å². The number of nitrogens with two attached hydrogens (primary N) is 1. The number of hydrogen-bond donors (Lipinski definition) is 1. The van der Waals surface area contributed by atoms with Crippen molar-refractivity contribution >= 4 is 0 Å². The van der Waals surface area contributed by atoms with E-state index in [1.807, 2.05) is 18.2 Å². The van der Waals surface area contributed by atoms with E-state index in [-0.39, 0.29) is 11.7 Å². The third-order valence-corrected chi connectivity index (χ3v) is 3.70. The van der Waals surface area contributed by atoms with Gasteiger partial charge in [0.05, 0.1) is 20.8 Å². The summed E-state index contributed by atoms with van der Waals surface area (Å²) < 4.78 is 29.4. The highest BCUT2D eigenvalue weighted by Crippen LogP contribution is 2.32. The zero-order valence-corrected chi connectivity index (χ0v) is 13.4. The molecule has 0 heterocycles. The SMILES string of the molecule is COc1ccc(C(CN)CCOc2cccc(F)c2)c(OC)c1. The Bertz CT molecular complexity index is 633. The lowest BCUT2D eigenvalue weighted by Gasteiger charge is -2.19. The number of ether oxygens (including phenoxy) is 3. The molecule has 0 aliphatic rings. The molecule has 0 spiro atoms. The zero-order chi connectivity index (χ0) is 16.7. The molecule has 0 saturated carbocycles. The first-order valence-corrected chi connectivity index (χ1v) is 7.48. The standard InChI is InChI=1S/C18H22FNO3/c1-21-15-6-7-17(18(11-15)22-2)13(12-20)8-9-23-16-5-3-4-14(19)10-16/h3-7,10-11,13H,8-9,12,20H2,1-2H3. The fourth-order valence-corrected chi connectivity index (χ4v) is 2.43. The first-order valence-electron chi connectivity index (χ1n) is 7.48. The van der Waals surface area contributed by atoms with Gasteiger partial charge < -0.3 is 19.9 Å². The summed E-state index contributed by atoms with van der Waals surface area (Å²) in [6.45, 7) is 0.912. The Morgan fingerprint density at radius 2 is 1.87 bits per heavy atom. The van der Waals surface area contributed by atoms with Crippen LogP contribution in [0.5, 0.6) is 17.2 Å². The highest BCUT2D eigenvalue weighted by Gasteiger charge is 2.16. The number of methoxy groups -OCH3 is 2. The molecule has 2 aromatic carbocycles. The van der Waals surface area contributed by atoms with Crippen molar-refractivity contribution < 1.29 is 18.6 Å². The summed E-state index contributed by atoms with van der Waals surface area (Å²) in [5.74, 6) is 1.77. The average Bonchev–Trinajstić information content (AvgIpc) is 2.58. The molecular formula is C18H22FNO3. The molecule has 1 atom stereocenters. The van der Waals surface area contributed by atoms with E-state index in [0.717, 1.165) is 17.1 Å². The second-order valence-corrected chi connectivity index (χ2v) is 5.14. The van der Waals surface area contributed by atoms with Gasteiger partial charge in [-0.05, 0) is 36.7 Å². The fourth-order valence-electron chi connectivity index (χ4n) is 2.43. The molecule has 2 N–H and O–H groups in total. The highest BCUT2D eigenvalue weighted by atomic mass is 19.1. The monoisotopic (exact) mass is 319 g/mol. The fraction of sp³-hybridized carbons (Fsp3) is 0.333. The van der Waals surface area contributed by atoms with Gasteiger partial charge in [-0.1, -0.05) is 12.1 Å². The Morgan fingerprint density at radius 3 is 2.52 bits per heavy atom. The minimum Gasteiger partial charge on any atom is -0.497 e. The van der Waals surface area contributed by atoms with E-state index in [0.29, 0.717) is 25.3 Å². The first kappa shape index (κ1) is 17.1. The molecule has 0 amide bonds. The number of benzene rings is 2. The van der Waals surface area contributed by atoms with Crippen LogP contribution < -0.4 is 19.9 Å². The van der Waals surface area contributed by atoms with Crippen molar-refractivity contribution in [1.82, 2.24) is 0 Å². The smallest absolute Gasteiger partial charge is 0.126 e. The van der Waals surface area contributed by atoms with Crippen molar-refractivity contribution in [1.29, 1.82) is 0 Å². The summed E-state index contributed by atoms with van der Waals surface area (Å²) in [5.41, 5.74) is 6.91. The molecule has 5 heteroatoms. The Hall–Kier alpha value is -2.27. The number of rotatable bonds is 8. The third kappa shape index (κ3) is 4.60. The van der Waals surface area contributed by atoms with Gasteiger partial charge in [0.25, 0.3) is 0 Å². The van der Waals surface area contributed by atoms with Crippen LogP contribution in [0, 0.1) is 5.82 Å². The summed E-state index contributed by atoms with van der Waals surface area (Å²) in [6, 6.07) is 11.8. The van der Waals surface area contributed by atoms with E-state index in [9.17, 15) is 4.39 Å².